The van der Waals surface area contributed by atoms with Crippen LogP contribution in [0.1, 0.15) is 112 Å². The normalized spacial score (nSPS) is 12.1. The topological polar surface area (TPSA) is 17.1 Å². The zero-order valence-corrected chi connectivity index (χ0v) is 20.9. The van der Waals surface area contributed by atoms with Gasteiger partial charge in [-0.15, -0.1) is 11.8 Å². The number of hydrogen-bond acceptors (Lipinski definition) is 2. The SMILES string of the molecule is CCCCCCCCCCCCCCC(C(=O)c1ccc(SC)cc1)c1ccc(F)cc1. The first kappa shape index (κ1) is 26.6. The zero-order chi connectivity index (χ0) is 23.0. The molecule has 0 aliphatic heterocycles. The van der Waals surface area contributed by atoms with Crippen molar-refractivity contribution in [3.8, 4) is 0 Å². The molecule has 2 rings (SSSR count). The minimum atomic E-state index is -0.255. The molecular formula is C29H41FOS. The molecule has 1 nitrogen and oxygen atoms in total. The highest BCUT2D eigenvalue weighted by Crippen LogP contribution is 2.28. The first-order valence-electron chi connectivity index (χ1n) is 12.6. The molecule has 0 aliphatic rings. The van der Waals surface area contributed by atoms with E-state index in [2.05, 4.69) is 6.92 Å². The van der Waals surface area contributed by atoms with Crippen molar-refractivity contribution in [1.29, 1.82) is 0 Å². The summed E-state index contributed by atoms with van der Waals surface area (Å²) >= 11 is 1.67. The maximum Gasteiger partial charge on any atom is 0.170 e. The van der Waals surface area contributed by atoms with Crippen molar-refractivity contribution < 1.29 is 9.18 Å². The van der Waals surface area contributed by atoms with E-state index >= 15 is 0 Å². The van der Waals surface area contributed by atoms with E-state index in [4.69, 9.17) is 0 Å². The predicted octanol–water partition coefficient (Wildman–Crippen LogP) is 9.61. The Morgan fingerprint density at radius 1 is 0.750 bits per heavy atom. The van der Waals surface area contributed by atoms with Gasteiger partial charge in [-0.05, 0) is 42.5 Å². The second kappa shape index (κ2) is 16.1. The Kier molecular flexibility index (Phi) is 13.4. The Labute approximate surface area is 199 Å². The molecule has 0 N–H and O–H groups in total. The third kappa shape index (κ3) is 9.90. The van der Waals surface area contributed by atoms with Crippen LogP contribution in [0.2, 0.25) is 0 Å². The number of unbranched alkanes of at least 4 members (excludes halogenated alkanes) is 11. The number of carbonyl (C=O) groups excluding carboxylic acids is 1. The second-order valence-electron chi connectivity index (χ2n) is 8.87. The largest absolute Gasteiger partial charge is 0.293 e. The summed E-state index contributed by atoms with van der Waals surface area (Å²) < 4.78 is 13.4. The molecule has 0 bridgehead atoms. The van der Waals surface area contributed by atoms with Crippen LogP contribution >= 0.6 is 11.8 Å². The fourth-order valence-corrected chi connectivity index (χ4v) is 4.70. The Hall–Kier alpha value is -1.61. The van der Waals surface area contributed by atoms with Crippen LogP contribution in [-0.4, -0.2) is 12.0 Å². The van der Waals surface area contributed by atoms with Crippen LogP contribution in [0.25, 0.3) is 0 Å². The summed E-state index contributed by atoms with van der Waals surface area (Å²) in [5.41, 5.74) is 1.67. The smallest absolute Gasteiger partial charge is 0.170 e. The molecule has 0 radical (unpaired) electrons. The number of ketones is 1. The summed E-state index contributed by atoms with van der Waals surface area (Å²) in [6.07, 6.45) is 18.5. The van der Waals surface area contributed by atoms with Crippen molar-refractivity contribution in [1.82, 2.24) is 0 Å². The van der Waals surface area contributed by atoms with Gasteiger partial charge in [0.2, 0.25) is 0 Å². The van der Waals surface area contributed by atoms with E-state index in [9.17, 15) is 9.18 Å². The molecule has 3 heteroatoms. The van der Waals surface area contributed by atoms with Gasteiger partial charge in [0.25, 0.3) is 0 Å². The summed E-state index contributed by atoms with van der Waals surface area (Å²) in [7, 11) is 0. The average molecular weight is 457 g/mol. The summed E-state index contributed by atoms with van der Waals surface area (Å²) in [5.74, 6) is -0.305. The number of carbonyl (C=O) groups is 1. The van der Waals surface area contributed by atoms with Crippen LogP contribution in [-0.2, 0) is 0 Å². The molecule has 0 spiro atoms. The number of Topliss-reactive ketones (excluding diaryl/α,β-unsaturated/α-hetero) is 1. The quantitative estimate of drug-likeness (QED) is 0.134. The first-order chi connectivity index (χ1) is 15.7. The van der Waals surface area contributed by atoms with Crippen molar-refractivity contribution in [2.24, 2.45) is 0 Å². The zero-order valence-electron chi connectivity index (χ0n) is 20.1. The van der Waals surface area contributed by atoms with E-state index in [0.29, 0.717) is 0 Å². The molecule has 2 aromatic carbocycles. The molecule has 1 unspecified atom stereocenters. The van der Waals surface area contributed by atoms with Crippen molar-refractivity contribution in [3.63, 3.8) is 0 Å². The molecule has 0 heterocycles. The molecule has 2 aromatic rings. The maximum atomic E-state index is 13.4. The standard InChI is InChI=1S/C29H41FOS/c1-3-4-5-6-7-8-9-10-11-12-13-14-15-28(24-16-20-26(30)21-17-24)29(31)25-18-22-27(32-2)23-19-25/h16-23,28H,3-15H2,1-2H3. The lowest BCUT2D eigenvalue weighted by atomic mass is 9.86. The fraction of sp³-hybridized carbons (Fsp3) is 0.552. The van der Waals surface area contributed by atoms with E-state index in [1.54, 1.807) is 23.9 Å². The first-order valence-corrected chi connectivity index (χ1v) is 13.8. The van der Waals surface area contributed by atoms with Gasteiger partial charge in [-0.25, -0.2) is 4.39 Å². The van der Waals surface area contributed by atoms with Gasteiger partial charge in [0, 0.05) is 16.4 Å². The van der Waals surface area contributed by atoms with Crippen LogP contribution in [0.15, 0.2) is 53.4 Å². The lowest BCUT2D eigenvalue weighted by Gasteiger charge is -2.17. The number of benzene rings is 2. The highest BCUT2D eigenvalue weighted by Gasteiger charge is 2.22. The Morgan fingerprint density at radius 2 is 1.25 bits per heavy atom. The summed E-state index contributed by atoms with van der Waals surface area (Å²) in [5, 5.41) is 0. The molecule has 1 atom stereocenters. The Morgan fingerprint density at radius 3 is 1.75 bits per heavy atom. The highest BCUT2D eigenvalue weighted by molar-refractivity contribution is 7.98. The van der Waals surface area contributed by atoms with Crippen molar-refractivity contribution in [2.45, 2.75) is 101 Å². The van der Waals surface area contributed by atoms with Crippen molar-refractivity contribution >= 4 is 17.5 Å². The van der Waals surface area contributed by atoms with Crippen LogP contribution < -0.4 is 0 Å². The molecule has 32 heavy (non-hydrogen) atoms. The van der Waals surface area contributed by atoms with Crippen molar-refractivity contribution in [3.05, 3.63) is 65.5 Å². The van der Waals surface area contributed by atoms with E-state index in [-0.39, 0.29) is 17.5 Å². The van der Waals surface area contributed by atoms with E-state index in [0.717, 1.165) is 35.3 Å². The van der Waals surface area contributed by atoms with Gasteiger partial charge >= 0.3 is 0 Å². The van der Waals surface area contributed by atoms with Gasteiger partial charge in [0.15, 0.2) is 5.78 Å². The summed E-state index contributed by atoms with van der Waals surface area (Å²) in [6, 6.07) is 14.3. The van der Waals surface area contributed by atoms with Crippen LogP contribution in [0, 0.1) is 5.82 Å². The van der Waals surface area contributed by atoms with Gasteiger partial charge < -0.3 is 0 Å². The van der Waals surface area contributed by atoms with Crippen LogP contribution in [0.3, 0.4) is 0 Å². The number of hydrogen-bond donors (Lipinski definition) is 0. The molecule has 0 aromatic heterocycles. The Bertz CT molecular complexity index is 754. The van der Waals surface area contributed by atoms with Crippen LogP contribution in [0.4, 0.5) is 4.39 Å². The fourth-order valence-electron chi connectivity index (χ4n) is 4.29. The summed E-state index contributed by atoms with van der Waals surface area (Å²) in [6.45, 7) is 2.26. The third-order valence-corrected chi connectivity index (χ3v) is 7.05. The number of halogens is 1. The van der Waals surface area contributed by atoms with E-state index < -0.39 is 0 Å². The van der Waals surface area contributed by atoms with Crippen LogP contribution in [0.5, 0.6) is 0 Å². The van der Waals surface area contributed by atoms with E-state index in [1.165, 1.54) is 76.3 Å². The molecule has 0 aliphatic carbocycles. The highest BCUT2D eigenvalue weighted by atomic mass is 32.2. The molecule has 0 saturated heterocycles. The van der Waals surface area contributed by atoms with Gasteiger partial charge in [0.05, 0.1) is 0 Å². The molecule has 0 saturated carbocycles. The minimum Gasteiger partial charge on any atom is -0.293 e. The third-order valence-electron chi connectivity index (χ3n) is 6.31. The number of thioether (sulfide) groups is 1. The lowest BCUT2D eigenvalue weighted by molar-refractivity contribution is 0.0953. The van der Waals surface area contributed by atoms with Gasteiger partial charge in [0.1, 0.15) is 5.82 Å². The van der Waals surface area contributed by atoms with Crippen molar-refractivity contribution in [2.75, 3.05) is 6.26 Å². The molecule has 176 valence electrons. The van der Waals surface area contributed by atoms with E-state index in [1.807, 2.05) is 30.5 Å². The number of rotatable bonds is 17. The summed E-state index contributed by atoms with van der Waals surface area (Å²) in [4.78, 5) is 14.4. The predicted molar refractivity (Wildman–Crippen MR) is 137 cm³/mol. The molecular weight excluding hydrogens is 415 g/mol. The van der Waals surface area contributed by atoms with Gasteiger partial charge in [-0.2, -0.15) is 0 Å². The van der Waals surface area contributed by atoms with Gasteiger partial charge in [-0.3, -0.25) is 4.79 Å². The maximum absolute atomic E-state index is 13.4. The van der Waals surface area contributed by atoms with Gasteiger partial charge in [-0.1, -0.05) is 108 Å². The minimum absolute atomic E-state index is 0.146. The Balaban J connectivity index is 1.77. The monoisotopic (exact) mass is 456 g/mol. The second-order valence-corrected chi connectivity index (χ2v) is 9.75. The lowest BCUT2D eigenvalue weighted by Crippen LogP contribution is -2.13. The molecule has 0 amide bonds. The molecule has 0 fully saturated rings. The average Bonchev–Trinajstić information content (AvgIpc) is 2.82.